The number of nitrogens with two attached hydrogens (primary N) is 1. The van der Waals surface area contributed by atoms with E-state index in [1.54, 1.807) is 0 Å². The van der Waals surface area contributed by atoms with Crippen molar-refractivity contribution in [1.82, 2.24) is 19.5 Å². The van der Waals surface area contributed by atoms with Gasteiger partial charge >= 0.3 is 23.5 Å². The van der Waals surface area contributed by atoms with Gasteiger partial charge in [0.2, 0.25) is 0 Å². The summed E-state index contributed by atoms with van der Waals surface area (Å²) in [7, 11) is -16.8. The average molecular weight is 532 g/mol. The number of hydrogen-bond acceptors (Lipinski definition) is 13. The van der Waals surface area contributed by atoms with Gasteiger partial charge in [0.25, 0.3) is 0 Å². The van der Waals surface area contributed by atoms with Gasteiger partial charge in [-0.15, -0.1) is 0 Å². The average Bonchev–Trinajstić information content (AvgIpc) is 3.20. The van der Waals surface area contributed by atoms with Gasteiger partial charge in [-0.3, -0.25) is 9.09 Å². The number of azide groups is 1. The highest BCUT2D eigenvalue weighted by molar-refractivity contribution is 7.66. The van der Waals surface area contributed by atoms with Gasteiger partial charge in [-0.1, -0.05) is 5.11 Å². The second-order valence-electron chi connectivity index (χ2n) is 6.22. The molecule has 0 aliphatic carbocycles. The number of aliphatic hydroxyl groups is 1. The van der Waals surface area contributed by atoms with Crippen LogP contribution in [0.25, 0.3) is 21.6 Å². The molecule has 2 aromatic rings. The number of aliphatic hydroxyl groups excluding tert-OH is 1. The van der Waals surface area contributed by atoms with E-state index in [1.807, 2.05) is 0 Å². The van der Waals surface area contributed by atoms with Crippen LogP contribution in [0.1, 0.15) is 6.23 Å². The molecular weight excluding hydrogens is 517 g/mol. The second kappa shape index (κ2) is 9.32. The zero-order chi connectivity index (χ0) is 24.6. The Morgan fingerprint density at radius 2 is 1.88 bits per heavy atom. The minimum Gasteiger partial charge on any atom is -0.390 e. The fraction of sp³-hybridized carbons (Fsp3) is 0.500. The molecule has 23 heteroatoms. The number of imidazole rings is 1. The first-order chi connectivity index (χ1) is 15.2. The van der Waals surface area contributed by atoms with Crippen LogP contribution in [-0.4, -0.2) is 69.1 Å². The van der Waals surface area contributed by atoms with Crippen LogP contribution >= 0.6 is 23.5 Å². The van der Waals surface area contributed by atoms with Crippen molar-refractivity contribution in [3.05, 3.63) is 23.1 Å². The van der Waals surface area contributed by atoms with Gasteiger partial charge in [0.1, 0.15) is 30.2 Å². The van der Waals surface area contributed by atoms with E-state index in [9.17, 15) is 28.6 Å². The van der Waals surface area contributed by atoms with E-state index in [0.717, 1.165) is 6.33 Å². The molecule has 1 aliphatic rings. The molecule has 0 spiro atoms. The monoisotopic (exact) mass is 532 g/mol. The lowest BCUT2D eigenvalue weighted by atomic mass is 10.1. The molecule has 1 saturated heterocycles. The van der Waals surface area contributed by atoms with Crippen LogP contribution in [-0.2, 0) is 31.6 Å². The van der Waals surface area contributed by atoms with Crippen molar-refractivity contribution >= 4 is 40.4 Å². The smallest absolute Gasteiger partial charge is 0.390 e. The van der Waals surface area contributed by atoms with E-state index in [0.29, 0.717) is 0 Å². The van der Waals surface area contributed by atoms with Gasteiger partial charge in [-0.25, -0.2) is 28.6 Å². The molecule has 0 aromatic carbocycles. The zero-order valence-electron chi connectivity index (χ0n) is 15.8. The fourth-order valence-corrected chi connectivity index (χ4v) is 5.84. The number of rotatable bonds is 9. The summed E-state index contributed by atoms with van der Waals surface area (Å²) in [4.78, 5) is 50.2. The van der Waals surface area contributed by atoms with Crippen molar-refractivity contribution in [3.63, 3.8) is 0 Å². The molecule has 6 atom stereocenters. The van der Waals surface area contributed by atoms with Crippen molar-refractivity contribution in [2.75, 3.05) is 12.3 Å². The van der Waals surface area contributed by atoms with Gasteiger partial charge in [-0.05, 0) is 5.53 Å². The second-order valence-corrected chi connectivity index (χ2v) is 10.6. The van der Waals surface area contributed by atoms with Crippen molar-refractivity contribution in [2.45, 2.75) is 24.5 Å². The van der Waals surface area contributed by atoms with Gasteiger partial charge in [0.05, 0.1) is 19.0 Å². The standard InChI is InChI=1S/C10H15N8O12P3/c11-8-6-9(14-2-13-8)18(3-15-6)10-5(16-17-12)7(19)4(28-10)1-27-32(23,24)30-33(25,26)29-31(20,21)22/h2-5,7,10,19H,1H2,(H,23,24)(H,25,26)(H2,11,13,14)(H2,20,21,22)/t4-,5?,7+,10-/m1/s1. The summed E-state index contributed by atoms with van der Waals surface area (Å²) in [5.41, 5.74) is 14.9. The third-order valence-corrected chi connectivity index (χ3v) is 7.80. The van der Waals surface area contributed by atoms with Crippen molar-refractivity contribution in [3.8, 4) is 0 Å². The van der Waals surface area contributed by atoms with Crippen molar-refractivity contribution < 1.29 is 56.3 Å². The Morgan fingerprint density at radius 1 is 1.18 bits per heavy atom. The first kappa shape index (κ1) is 25.6. The first-order valence-corrected chi connectivity index (χ1v) is 12.8. The third kappa shape index (κ3) is 6.11. The Hall–Kier alpha value is -2.01. The predicted octanol–water partition coefficient (Wildman–Crippen LogP) is -0.311. The zero-order valence-corrected chi connectivity index (χ0v) is 18.5. The summed E-state index contributed by atoms with van der Waals surface area (Å²) in [6, 6.07) is -1.32. The molecule has 1 aliphatic heterocycles. The topological polar surface area (TPSA) is 308 Å². The minimum absolute atomic E-state index is 0.0295. The van der Waals surface area contributed by atoms with Crippen LogP contribution in [0.2, 0.25) is 0 Å². The van der Waals surface area contributed by atoms with Crippen molar-refractivity contribution in [1.29, 1.82) is 0 Å². The normalized spacial score (nSPS) is 27.1. The number of fused-ring (bicyclic) bond motifs is 1. The molecule has 20 nitrogen and oxygen atoms in total. The molecule has 3 rings (SSSR count). The highest BCUT2D eigenvalue weighted by Gasteiger charge is 2.47. The van der Waals surface area contributed by atoms with Gasteiger partial charge in [0.15, 0.2) is 11.5 Å². The molecule has 33 heavy (non-hydrogen) atoms. The third-order valence-electron chi connectivity index (χ3n) is 4.00. The maximum absolute atomic E-state index is 11.9. The molecule has 0 bridgehead atoms. The van der Waals surface area contributed by atoms with Crippen LogP contribution < -0.4 is 5.73 Å². The molecular formula is C10H15N8O12P3. The van der Waals surface area contributed by atoms with E-state index in [4.69, 9.17) is 25.8 Å². The quantitative estimate of drug-likeness (QED) is 0.104. The Balaban J connectivity index is 1.77. The summed E-state index contributed by atoms with van der Waals surface area (Å²) in [5, 5.41) is 13.9. The molecule has 0 amide bonds. The molecule has 7 N–H and O–H groups in total. The lowest BCUT2D eigenvalue weighted by Crippen LogP contribution is -2.32. The van der Waals surface area contributed by atoms with Gasteiger partial charge < -0.3 is 35.2 Å². The van der Waals surface area contributed by atoms with E-state index < -0.39 is 54.6 Å². The summed E-state index contributed by atoms with van der Waals surface area (Å²) in [5.74, 6) is 0.0295. The van der Waals surface area contributed by atoms with Crippen LogP contribution in [0.5, 0.6) is 0 Å². The number of nitrogens with zero attached hydrogens (tertiary/aromatic N) is 7. The molecule has 0 radical (unpaired) electrons. The lowest BCUT2D eigenvalue weighted by Gasteiger charge is -2.19. The Labute approximate surface area is 182 Å². The number of aromatic nitrogens is 4. The van der Waals surface area contributed by atoms with E-state index in [-0.39, 0.29) is 17.0 Å². The number of ether oxygens (including phenoxy) is 1. The molecule has 0 saturated carbocycles. The van der Waals surface area contributed by atoms with E-state index in [2.05, 4.69) is 38.1 Å². The van der Waals surface area contributed by atoms with Crippen LogP contribution in [0.3, 0.4) is 0 Å². The summed E-state index contributed by atoms with van der Waals surface area (Å²) in [6.45, 7) is -0.970. The Bertz CT molecular complexity index is 1230. The Kier molecular flexibility index (Phi) is 7.24. The SMILES string of the molecule is [N-]=[N+]=NC1[C@@H](O)[C@@H](COP(=O)(O)OP(=O)(O)OP(=O)(O)O)O[C@H]1n1cnc2c(N)ncnc21. The molecule has 182 valence electrons. The molecule has 3 heterocycles. The number of phosphoric ester groups is 1. The summed E-state index contributed by atoms with van der Waals surface area (Å²) < 4.78 is 52.4. The lowest BCUT2D eigenvalue weighted by molar-refractivity contribution is -0.0428. The van der Waals surface area contributed by atoms with E-state index in [1.165, 1.54) is 10.9 Å². The van der Waals surface area contributed by atoms with Gasteiger partial charge in [0, 0.05) is 4.91 Å². The van der Waals surface area contributed by atoms with Crippen LogP contribution in [0, 0.1) is 0 Å². The number of anilines is 1. The molecule has 1 fully saturated rings. The number of hydrogen-bond donors (Lipinski definition) is 6. The van der Waals surface area contributed by atoms with Crippen LogP contribution in [0.15, 0.2) is 17.8 Å². The van der Waals surface area contributed by atoms with Crippen molar-refractivity contribution in [2.24, 2.45) is 5.11 Å². The van der Waals surface area contributed by atoms with Gasteiger partial charge in [-0.2, -0.15) is 8.62 Å². The summed E-state index contributed by atoms with van der Waals surface area (Å²) >= 11 is 0. The minimum atomic E-state index is -5.73. The predicted molar refractivity (Wildman–Crippen MR) is 102 cm³/mol. The number of nitrogen functional groups attached to an aromatic ring is 1. The Morgan fingerprint density at radius 3 is 2.52 bits per heavy atom. The largest absolute Gasteiger partial charge is 0.490 e. The highest BCUT2D eigenvalue weighted by atomic mass is 31.3. The first-order valence-electron chi connectivity index (χ1n) is 8.32. The maximum Gasteiger partial charge on any atom is 0.490 e. The summed E-state index contributed by atoms with van der Waals surface area (Å²) in [6.07, 6.45) is -2.01. The molecule has 3 unspecified atom stereocenters. The fourth-order valence-electron chi connectivity index (χ4n) is 2.81. The van der Waals surface area contributed by atoms with E-state index >= 15 is 0 Å². The number of phosphoric acid groups is 3. The van der Waals surface area contributed by atoms with Crippen LogP contribution in [0.4, 0.5) is 5.82 Å². The highest BCUT2D eigenvalue weighted by Crippen LogP contribution is 2.66. The molecule has 2 aromatic heterocycles. The maximum atomic E-state index is 11.9.